The van der Waals surface area contributed by atoms with Crippen LogP contribution in [0.15, 0.2) is 30.3 Å². The van der Waals surface area contributed by atoms with Crippen LogP contribution in [0.25, 0.3) is 11.1 Å². The molecule has 1 saturated carbocycles. The molecule has 0 amide bonds. The van der Waals surface area contributed by atoms with Crippen molar-refractivity contribution in [2.24, 2.45) is 0 Å². The van der Waals surface area contributed by atoms with Gasteiger partial charge in [0, 0.05) is 23.7 Å². The molecule has 1 aliphatic heterocycles. The van der Waals surface area contributed by atoms with E-state index in [1.54, 1.807) is 0 Å². The van der Waals surface area contributed by atoms with Crippen molar-refractivity contribution in [1.29, 1.82) is 0 Å². The fourth-order valence-corrected chi connectivity index (χ4v) is 5.05. The lowest BCUT2D eigenvalue weighted by atomic mass is 9.72. The summed E-state index contributed by atoms with van der Waals surface area (Å²) in [6.45, 7) is 9.08. The fourth-order valence-electron chi connectivity index (χ4n) is 5.05. The molecule has 0 atom stereocenters. The molecule has 0 radical (unpaired) electrons. The van der Waals surface area contributed by atoms with Crippen molar-refractivity contribution in [2.45, 2.75) is 76.5 Å². The minimum absolute atomic E-state index is 0.213. The van der Waals surface area contributed by atoms with Crippen LogP contribution < -0.4 is 4.74 Å². The summed E-state index contributed by atoms with van der Waals surface area (Å²) in [4.78, 5) is 13.2. The number of fused-ring (bicyclic) bond motifs is 1. The molecule has 7 heteroatoms. The Morgan fingerprint density at radius 2 is 1.82 bits per heavy atom. The number of ether oxygens (including phenoxy) is 1. The maximum absolute atomic E-state index is 14.6. The van der Waals surface area contributed by atoms with Crippen LogP contribution >= 0.6 is 0 Å². The summed E-state index contributed by atoms with van der Waals surface area (Å²) in [5.74, 6) is -7.08. The molecule has 0 unspecified atom stereocenters. The zero-order valence-corrected chi connectivity index (χ0v) is 19.6. The Labute approximate surface area is 192 Å². The highest BCUT2D eigenvalue weighted by molar-refractivity contribution is 5.78. The average Bonchev–Trinajstić information content (AvgIpc) is 3.52. The van der Waals surface area contributed by atoms with E-state index in [1.165, 1.54) is 6.07 Å². The smallest absolute Gasteiger partial charge is 0.379 e. The first kappa shape index (κ1) is 23.6. The van der Waals surface area contributed by atoms with Crippen molar-refractivity contribution >= 4 is 5.97 Å². The molecule has 2 aliphatic rings. The van der Waals surface area contributed by atoms with Crippen molar-refractivity contribution in [1.82, 2.24) is 4.90 Å². The van der Waals surface area contributed by atoms with E-state index in [2.05, 4.69) is 39.6 Å². The summed E-state index contributed by atoms with van der Waals surface area (Å²) in [7, 11) is 2.07. The Balaban J connectivity index is 1.83. The maximum Gasteiger partial charge on any atom is 0.379 e. The van der Waals surface area contributed by atoms with Crippen LogP contribution in [0.1, 0.15) is 63.6 Å². The van der Waals surface area contributed by atoms with Gasteiger partial charge in [0.1, 0.15) is 17.2 Å². The number of rotatable bonds is 6. The van der Waals surface area contributed by atoms with Gasteiger partial charge in [-0.3, -0.25) is 4.90 Å². The number of halogens is 3. The van der Waals surface area contributed by atoms with Gasteiger partial charge in [-0.25, -0.2) is 9.18 Å². The zero-order chi connectivity index (χ0) is 24.3. The molecular formula is C26H30F3NO3. The number of carboxylic acid groups (broad SMARTS) is 1. The summed E-state index contributed by atoms with van der Waals surface area (Å²) < 4.78 is 48.9. The van der Waals surface area contributed by atoms with Crippen LogP contribution in [0.3, 0.4) is 0 Å². The van der Waals surface area contributed by atoms with Crippen molar-refractivity contribution < 1.29 is 27.8 Å². The van der Waals surface area contributed by atoms with E-state index in [0.29, 0.717) is 23.7 Å². The monoisotopic (exact) mass is 461 g/mol. The van der Waals surface area contributed by atoms with E-state index in [1.807, 2.05) is 12.1 Å². The van der Waals surface area contributed by atoms with Gasteiger partial charge in [0.25, 0.3) is 0 Å². The second-order valence-electron chi connectivity index (χ2n) is 10.7. The maximum atomic E-state index is 14.6. The summed E-state index contributed by atoms with van der Waals surface area (Å²) in [5.41, 5.74) is 1.37. The van der Waals surface area contributed by atoms with E-state index in [9.17, 15) is 18.0 Å². The second kappa shape index (κ2) is 7.76. The predicted molar refractivity (Wildman–Crippen MR) is 120 cm³/mol. The number of carbonyl (C=O) groups is 1. The third kappa shape index (κ3) is 4.47. The fraction of sp³-hybridized carbons (Fsp3) is 0.500. The third-order valence-electron chi connectivity index (χ3n) is 6.64. The van der Waals surface area contributed by atoms with E-state index < -0.39 is 23.3 Å². The Hall–Kier alpha value is -2.54. The van der Waals surface area contributed by atoms with E-state index in [0.717, 1.165) is 48.3 Å². The van der Waals surface area contributed by atoms with Crippen molar-refractivity contribution in [3.63, 3.8) is 0 Å². The van der Waals surface area contributed by atoms with Gasteiger partial charge in [0.15, 0.2) is 0 Å². The van der Waals surface area contributed by atoms with Crippen molar-refractivity contribution in [3.05, 3.63) is 52.8 Å². The zero-order valence-electron chi connectivity index (χ0n) is 19.6. The summed E-state index contributed by atoms with van der Waals surface area (Å²) >= 11 is 0. The average molecular weight is 462 g/mol. The summed E-state index contributed by atoms with van der Waals surface area (Å²) in [6.07, 6.45) is 3.09. The van der Waals surface area contributed by atoms with Gasteiger partial charge in [-0.05, 0) is 81.0 Å². The summed E-state index contributed by atoms with van der Waals surface area (Å²) in [5, 5.41) is 8.77. The molecule has 0 spiro atoms. The molecule has 0 bridgehead atoms. The van der Waals surface area contributed by atoms with Crippen LogP contribution in [0.5, 0.6) is 5.75 Å². The number of hydrogen-bond donors (Lipinski definition) is 1. The van der Waals surface area contributed by atoms with Gasteiger partial charge in [-0.1, -0.05) is 19.9 Å². The van der Waals surface area contributed by atoms with Crippen LogP contribution in [0.4, 0.5) is 13.2 Å². The molecule has 178 valence electrons. The number of carboxylic acids is 1. The van der Waals surface area contributed by atoms with Crippen LogP contribution in [0, 0.1) is 5.82 Å². The number of benzene rings is 2. The lowest BCUT2D eigenvalue weighted by Crippen LogP contribution is -2.42. The highest BCUT2D eigenvalue weighted by Gasteiger charge is 2.44. The Bertz CT molecular complexity index is 1110. The topological polar surface area (TPSA) is 49.8 Å². The van der Waals surface area contributed by atoms with E-state index in [-0.39, 0.29) is 11.0 Å². The first-order valence-corrected chi connectivity index (χ1v) is 11.2. The van der Waals surface area contributed by atoms with E-state index in [4.69, 9.17) is 9.84 Å². The van der Waals surface area contributed by atoms with Crippen LogP contribution in [-0.4, -0.2) is 34.7 Å². The highest BCUT2D eigenvalue weighted by atomic mass is 19.3. The number of aliphatic carboxylic acids is 1. The minimum Gasteiger partial charge on any atom is -0.487 e. The lowest BCUT2D eigenvalue weighted by molar-refractivity contribution is -0.166. The van der Waals surface area contributed by atoms with Crippen LogP contribution in [0.2, 0.25) is 0 Å². The molecule has 1 heterocycles. The largest absolute Gasteiger partial charge is 0.487 e. The van der Waals surface area contributed by atoms with Crippen molar-refractivity contribution in [2.75, 3.05) is 7.05 Å². The number of nitrogens with zero attached hydrogens (tertiary/aromatic N) is 1. The van der Waals surface area contributed by atoms with Gasteiger partial charge < -0.3 is 9.84 Å². The quantitative estimate of drug-likeness (QED) is 0.565. The van der Waals surface area contributed by atoms with Gasteiger partial charge in [-0.2, -0.15) is 8.78 Å². The third-order valence-corrected chi connectivity index (χ3v) is 6.64. The molecular weight excluding hydrogens is 431 g/mol. The SMILES string of the molecule is CN(Cc1cc(-c2ccc(C(F)(F)C(=O)O)c(F)c2)cc2c1OC(C)(C)CC2(C)C)C1CC1. The van der Waals surface area contributed by atoms with Gasteiger partial charge in [-0.15, -0.1) is 0 Å². The van der Waals surface area contributed by atoms with Gasteiger partial charge in [0.05, 0.1) is 5.56 Å². The molecule has 1 aliphatic carbocycles. The molecule has 33 heavy (non-hydrogen) atoms. The Morgan fingerprint density at radius 1 is 1.15 bits per heavy atom. The first-order valence-electron chi connectivity index (χ1n) is 11.2. The van der Waals surface area contributed by atoms with Gasteiger partial charge >= 0.3 is 11.9 Å². The molecule has 1 fully saturated rings. The van der Waals surface area contributed by atoms with Crippen LogP contribution in [-0.2, 0) is 22.7 Å². The molecule has 2 aromatic rings. The van der Waals surface area contributed by atoms with Gasteiger partial charge in [0.2, 0.25) is 0 Å². The van der Waals surface area contributed by atoms with E-state index >= 15 is 0 Å². The second-order valence-corrected chi connectivity index (χ2v) is 10.7. The number of hydrogen-bond acceptors (Lipinski definition) is 3. The summed E-state index contributed by atoms with van der Waals surface area (Å²) in [6, 6.07) is 7.60. The molecule has 0 saturated heterocycles. The molecule has 2 aromatic carbocycles. The minimum atomic E-state index is -4.29. The molecule has 1 N–H and O–H groups in total. The standard InChI is InChI=1S/C26H30F3NO3/c1-24(2)14-25(3,4)33-22-17(13-30(5)18-7-8-18)10-16(11-20(22)24)15-6-9-19(21(27)12-15)26(28,29)23(31)32/h6,9-12,18H,7-8,13-14H2,1-5H3,(H,31,32). The molecule has 4 rings (SSSR count). The first-order chi connectivity index (χ1) is 15.2. The molecule has 0 aromatic heterocycles. The highest BCUT2D eigenvalue weighted by Crippen LogP contribution is 2.48. The molecule has 4 nitrogen and oxygen atoms in total. The lowest BCUT2D eigenvalue weighted by Gasteiger charge is -2.43. The van der Waals surface area contributed by atoms with Crippen molar-refractivity contribution in [3.8, 4) is 16.9 Å². The number of alkyl halides is 2. The normalized spacial score (nSPS) is 19.2. The predicted octanol–water partition coefficient (Wildman–Crippen LogP) is 6.10. The Morgan fingerprint density at radius 3 is 2.39 bits per heavy atom. The Kier molecular flexibility index (Phi) is 5.55.